The van der Waals surface area contributed by atoms with Crippen molar-refractivity contribution in [1.82, 2.24) is 5.43 Å². The average Bonchev–Trinajstić information content (AvgIpc) is 2.48. The Morgan fingerprint density at radius 3 is 2.70 bits per heavy atom. The van der Waals surface area contributed by atoms with E-state index in [1.807, 2.05) is 6.92 Å². The fourth-order valence-corrected chi connectivity index (χ4v) is 2.81. The van der Waals surface area contributed by atoms with Gasteiger partial charge in [-0.1, -0.05) is 43.0 Å². The summed E-state index contributed by atoms with van der Waals surface area (Å²) >= 11 is 1.68. The number of nitrogens with one attached hydrogen (secondary N) is 1. The van der Waals surface area contributed by atoms with Gasteiger partial charge in [0.15, 0.2) is 5.17 Å². The second-order valence-corrected chi connectivity index (χ2v) is 5.71. The lowest BCUT2D eigenvalue weighted by atomic mass is 10.1. The summed E-state index contributed by atoms with van der Waals surface area (Å²) < 4.78 is 5.08. The van der Waals surface area contributed by atoms with Crippen LogP contribution < -0.4 is 5.43 Å². The molecule has 0 amide bonds. The molecule has 0 aromatic heterocycles. The van der Waals surface area contributed by atoms with Crippen LogP contribution in [-0.4, -0.2) is 36.4 Å². The van der Waals surface area contributed by atoms with E-state index in [4.69, 9.17) is 4.74 Å². The molecule has 1 heterocycles. The summed E-state index contributed by atoms with van der Waals surface area (Å²) in [6.07, 6.45) is 1.06. The van der Waals surface area contributed by atoms with Crippen molar-refractivity contribution in [2.24, 2.45) is 10.1 Å². The van der Waals surface area contributed by atoms with Crippen molar-refractivity contribution in [2.45, 2.75) is 26.3 Å². The molecule has 1 atom stereocenters. The number of nitrogens with zero attached hydrogens (tertiary/aromatic N) is 2. The van der Waals surface area contributed by atoms with Crippen LogP contribution in [0.3, 0.4) is 0 Å². The van der Waals surface area contributed by atoms with Crippen LogP contribution in [0.5, 0.6) is 0 Å². The Morgan fingerprint density at radius 2 is 2.15 bits per heavy atom. The first-order chi connectivity index (χ1) is 9.72. The first-order valence-corrected chi connectivity index (χ1v) is 7.83. The van der Waals surface area contributed by atoms with E-state index in [-0.39, 0.29) is 6.04 Å². The van der Waals surface area contributed by atoms with Gasteiger partial charge < -0.3 is 4.74 Å². The molecule has 0 radical (unpaired) electrons. The number of hydrogen-bond donors (Lipinski definition) is 1. The minimum absolute atomic E-state index is 0.149. The van der Waals surface area contributed by atoms with Crippen LogP contribution >= 0.6 is 11.8 Å². The molecule has 0 bridgehead atoms. The smallest absolute Gasteiger partial charge is 0.177 e. The number of hydrogen-bond acceptors (Lipinski definition) is 4. The number of methoxy groups -OCH3 is 1. The van der Waals surface area contributed by atoms with Gasteiger partial charge >= 0.3 is 0 Å². The maximum atomic E-state index is 5.08. The maximum Gasteiger partial charge on any atom is 0.177 e. The van der Waals surface area contributed by atoms with Gasteiger partial charge in [-0.15, -0.1) is 0 Å². The van der Waals surface area contributed by atoms with E-state index in [0.29, 0.717) is 6.61 Å². The lowest BCUT2D eigenvalue weighted by Gasteiger charge is -2.16. The molecule has 1 aliphatic heterocycles. The van der Waals surface area contributed by atoms with Crippen molar-refractivity contribution in [1.29, 1.82) is 0 Å². The molecule has 5 heteroatoms. The third-order valence-corrected chi connectivity index (χ3v) is 3.96. The molecule has 0 saturated heterocycles. The lowest BCUT2D eigenvalue weighted by Crippen LogP contribution is -2.27. The molecule has 20 heavy (non-hydrogen) atoms. The van der Waals surface area contributed by atoms with Crippen molar-refractivity contribution in [3.05, 3.63) is 35.4 Å². The molecule has 108 valence electrons. The zero-order chi connectivity index (χ0) is 14.4. The van der Waals surface area contributed by atoms with E-state index in [2.05, 4.69) is 46.7 Å². The first kappa shape index (κ1) is 15.1. The highest BCUT2D eigenvalue weighted by Gasteiger charge is 2.13. The second kappa shape index (κ2) is 7.45. The molecule has 4 nitrogen and oxygen atoms in total. The summed E-state index contributed by atoms with van der Waals surface area (Å²) in [7, 11) is 1.69. The van der Waals surface area contributed by atoms with E-state index in [1.165, 1.54) is 11.1 Å². The van der Waals surface area contributed by atoms with Crippen LogP contribution in [-0.2, 0) is 11.2 Å². The Bertz CT molecular complexity index is 496. The Balaban J connectivity index is 2.01. The molecule has 0 fully saturated rings. The zero-order valence-electron chi connectivity index (χ0n) is 12.2. The normalized spacial score (nSPS) is 18.6. The van der Waals surface area contributed by atoms with Crippen LogP contribution in [0.4, 0.5) is 0 Å². The van der Waals surface area contributed by atoms with E-state index in [0.717, 1.165) is 23.1 Å². The quantitative estimate of drug-likeness (QED) is 0.907. The molecular weight excluding hydrogens is 270 g/mol. The molecule has 2 rings (SSSR count). The van der Waals surface area contributed by atoms with Gasteiger partial charge in [0, 0.05) is 12.9 Å². The summed E-state index contributed by atoms with van der Waals surface area (Å²) in [4.78, 5) is 4.52. The van der Waals surface area contributed by atoms with Crippen LogP contribution in [0.15, 0.2) is 34.4 Å². The third kappa shape index (κ3) is 4.08. The van der Waals surface area contributed by atoms with Gasteiger partial charge in [0.1, 0.15) is 0 Å². The summed E-state index contributed by atoms with van der Waals surface area (Å²) in [6.45, 7) is 4.82. The number of benzene rings is 1. The number of aryl methyl sites for hydroxylation is 1. The van der Waals surface area contributed by atoms with E-state index < -0.39 is 0 Å². The van der Waals surface area contributed by atoms with Gasteiger partial charge in [0.25, 0.3) is 0 Å². The Kier molecular flexibility index (Phi) is 5.61. The van der Waals surface area contributed by atoms with Crippen LogP contribution in [0, 0.1) is 0 Å². The van der Waals surface area contributed by atoms with Gasteiger partial charge in [-0.3, -0.25) is 10.4 Å². The van der Waals surface area contributed by atoms with Crippen molar-refractivity contribution in [3.8, 4) is 0 Å². The predicted molar refractivity (Wildman–Crippen MR) is 86.7 cm³/mol. The number of aliphatic imine (C=N–C) groups is 1. The summed E-state index contributed by atoms with van der Waals surface area (Å²) in [6, 6.07) is 8.74. The molecule has 0 unspecified atom stereocenters. The number of ether oxygens (including phenoxy) is 1. The monoisotopic (exact) mass is 291 g/mol. The van der Waals surface area contributed by atoms with E-state index in [9.17, 15) is 0 Å². The van der Waals surface area contributed by atoms with Gasteiger partial charge in [-0.05, 0) is 24.5 Å². The molecular formula is C15H21N3OS. The van der Waals surface area contributed by atoms with Crippen molar-refractivity contribution in [2.75, 3.05) is 19.5 Å². The minimum Gasteiger partial charge on any atom is -0.382 e. The van der Waals surface area contributed by atoms with Crippen molar-refractivity contribution >= 4 is 22.6 Å². The Morgan fingerprint density at radius 1 is 1.40 bits per heavy atom. The summed E-state index contributed by atoms with van der Waals surface area (Å²) in [5.74, 6) is 0.844. The fourth-order valence-electron chi connectivity index (χ4n) is 1.94. The topological polar surface area (TPSA) is 46.0 Å². The maximum absolute atomic E-state index is 5.08. The largest absolute Gasteiger partial charge is 0.382 e. The summed E-state index contributed by atoms with van der Waals surface area (Å²) in [5.41, 5.74) is 6.62. The third-order valence-electron chi connectivity index (χ3n) is 3.07. The number of rotatable bonds is 5. The van der Waals surface area contributed by atoms with Gasteiger partial charge in [-0.25, -0.2) is 0 Å². The lowest BCUT2D eigenvalue weighted by molar-refractivity contribution is 0.186. The van der Waals surface area contributed by atoms with E-state index >= 15 is 0 Å². The highest BCUT2D eigenvalue weighted by Crippen LogP contribution is 2.15. The number of amidine groups is 1. The zero-order valence-corrected chi connectivity index (χ0v) is 13.0. The molecule has 1 N–H and O–H groups in total. The first-order valence-electron chi connectivity index (χ1n) is 6.84. The average molecular weight is 291 g/mol. The minimum atomic E-state index is 0.149. The van der Waals surface area contributed by atoms with Crippen molar-refractivity contribution < 1.29 is 4.74 Å². The highest BCUT2D eigenvalue weighted by molar-refractivity contribution is 8.14. The summed E-state index contributed by atoms with van der Waals surface area (Å²) in [5, 5.41) is 5.29. The molecule has 1 aromatic carbocycles. The Labute approximate surface area is 124 Å². The number of hydrazone groups is 1. The fraction of sp³-hybridized carbons (Fsp3) is 0.467. The molecule has 0 aliphatic carbocycles. The molecule has 1 aromatic rings. The van der Waals surface area contributed by atoms with Crippen LogP contribution in [0.2, 0.25) is 0 Å². The van der Waals surface area contributed by atoms with Gasteiger partial charge in [-0.2, -0.15) is 5.10 Å². The standard InChI is InChI=1S/C15H21N3OS/c1-4-12-5-7-13(8-6-12)14-10-20-15(18-17-14)16-11(2)9-19-3/h5-8,11H,4,9-10H2,1-3H3,(H,16,18)/t11-/m1/s1. The predicted octanol–water partition coefficient (Wildman–Crippen LogP) is 2.68. The molecule has 0 spiro atoms. The van der Waals surface area contributed by atoms with Gasteiger partial charge in [0.05, 0.1) is 18.4 Å². The SMILES string of the molecule is CCc1ccc(C2=NNC(=N[C@H](C)COC)SC2)cc1. The highest BCUT2D eigenvalue weighted by atomic mass is 32.2. The number of thioether (sulfide) groups is 1. The van der Waals surface area contributed by atoms with Gasteiger partial charge in [0.2, 0.25) is 0 Å². The van der Waals surface area contributed by atoms with Crippen LogP contribution in [0.25, 0.3) is 0 Å². The molecule has 0 saturated carbocycles. The van der Waals surface area contributed by atoms with E-state index in [1.54, 1.807) is 18.9 Å². The van der Waals surface area contributed by atoms with Crippen molar-refractivity contribution in [3.63, 3.8) is 0 Å². The Hall–Kier alpha value is -1.33. The molecule has 1 aliphatic rings. The second-order valence-electron chi connectivity index (χ2n) is 4.75. The van der Waals surface area contributed by atoms with Crippen LogP contribution in [0.1, 0.15) is 25.0 Å².